The van der Waals surface area contributed by atoms with Crippen LogP contribution < -0.4 is 0 Å². The lowest BCUT2D eigenvalue weighted by Gasteiger charge is -2.16. The average Bonchev–Trinajstić information content (AvgIpc) is 2.91. The highest BCUT2D eigenvalue weighted by molar-refractivity contribution is 5.66. The summed E-state index contributed by atoms with van der Waals surface area (Å²) < 4.78 is 0. The molecule has 3 nitrogen and oxygen atoms in total. The van der Waals surface area contributed by atoms with Gasteiger partial charge in [-0.2, -0.15) is 0 Å². The van der Waals surface area contributed by atoms with E-state index in [0.717, 1.165) is 12.8 Å². The summed E-state index contributed by atoms with van der Waals surface area (Å²) in [5.74, 6) is 0.317. The van der Waals surface area contributed by atoms with Crippen LogP contribution in [-0.4, -0.2) is 28.7 Å². The number of benzene rings is 2. The van der Waals surface area contributed by atoms with Crippen molar-refractivity contribution in [3.05, 3.63) is 71.3 Å². The van der Waals surface area contributed by atoms with Gasteiger partial charge in [0.1, 0.15) is 0 Å². The lowest BCUT2D eigenvalue weighted by molar-refractivity contribution is 0.143. The van der Waals surface area contributed by atoms with Crippen LogP contribution in [0.15, 0.2) is 54.6 Å². The highest BCUT2D eigenvalue weighted by atomic mass is 16.4. The SMILES string of the molecule is C[C@@H]1C[C@H](c2ccc(Cc3ccccc3)cc2)CN1C(=O)O. The van der Waals surface area contributed by atoms with E-state index in [1.165, 1.54) is 16.7 Å². The number of amides is 1. The fourth-order valence-corrected chi connectivity index (χ4v) is 3.28. The summed E-state index contributed by atoms with van der Waals surface area (Å²) in [6.45, 7) is 2.59. The van der Waals surface area contributed by atoms with Crippen molar-refractivity contribution in [1.29, 1.82) is 0 Å². The first-order chi connectivity index (χ1) is 10.6. The summed E-state index contributed by atoms with van der Waals surface area (Å²) in [4.78, 5) is 12.7. The van der Waals surface area contributed by atoms with E-state index in [4.69, 9.17) is 0 Å². The maximum Gasteiger partial charge on any atom is 0.407 e. The maximum absolute atomic E-state index is 11.2. The predicted molar refractivity (Wildman–Crippen MR) is 87.2 cm³/mol. The van der Waals surface area contributed by atoms with Gasteiger partial charge in [-0.1, -0.05) is 54.6 Å². The Morgan fingerprint density at radius 3 is 2.32 bits per heavy atom. The van der Waals surface area contributed by atoms with E-state index in [9.17, 15) is 9.90 Å². The summed E-state index contributed by atoms with van der Waals surface area (Å²) in [5, 5.41) is 9.18. The molecular formula is C19H21NO2. The molecule has 1 saturated heterocycles. The van der Waals surface area contributed by atoms with Crippen LogP contribution in [0.25, 0.3) is 0 Å². The van der Waals surface area contributed by atoms with Gasteiger partial charge < -0.3 is 10.0 Å². The van der Waals surface area contributed by atoms with Gasteiger partial charge in [0.25, 0.3) is 0 Å². The first kappa shape index (κ1) is 14.6. The van der Waals surface area contributed by atoms with Gasteiger partial charge in [0, 0.05) is 18.5 Å². The molecule has 3 heteroatoms. The molecule has 0 bridgehead atoms. The second-order valence-corrected chi connectivity index (χ2v) is 6.12. The number of hydrogen-bond acceptors (Lipinski definition) is 1. The molecule has 0 spiro atoms. The fraction of sp³-hybridized carbons (Fsp3) is 0.316. The van der Waals surface area contributed by atoms with Crippen molar-refractivity contribution in [3.8, 4) is 0 Å². The van der Waals surface area contributed by atoms with Crippen molar-refractivity contribution in [1.82, 2.24) is 4.90 Å². The Bertz CT molecular complexity index is 636. The van der Waals surface area contributed by atoms with Gasteiger partial charge in [-0.3, -0.25) is 0 Å². The lowest BCUT2D eigenvalue weighted by atomic mass is 9.94. The van der Waals surface area contributed by atoms with Crippen molar-refractivity contribution < 1.29 is 9.90 Å². The monoisotopic (exact) mass is 295 g/mol. The molecule has 2 atom stereocenters. The highest BCUT2D eigenvalue weighted by Gasteiger charge is 2.32. The molecule has 1 heterocycles. The molecule has 0 aliphatic carbocycles. The van der Waals surface area contributed by atoms with Gasteiger partial charge in [0.05, 0.1) is 0 Å². The predicted octanol–water partition coefficient (Wildman–Crippen LogP) is 4.13. The second-order valence-electron chi connectivity index (χ2n) is 6.12. The Morgan fingerprint density at radius 1 is 1.09 bits per heavy atom. The molecule has 114 valence electrons. The second kappa shape index (κ2) is 6.22. The number of hydrogen-bond donors (Lipinski definition) is 1. The Morgan fingerprint density at radius 2 is 1.73 bits per heavy atom. The summed E-state index contributed by atoms with van der Waals surface area (Å²) in [5.41, 5.74) is 3.84. The Kier molecular flexibility index (Phi) is 4.14. The van der Waals surface area contributed by atoms with Crippen LogP contribution in [0.1, 0.15) is 36.0 Å². The molecule has 0 radical (unpaired) electrons. The largest absolute Gasteiger partial charge is 0.465 e. The van der Waals surface area contributed by atoms with E-state index in [1.54, 1.807) is 4.90 Å². The van der Waals surface area contributed by atoms with Crippen molar-refractivity contribution in [3.63, 3.8) is 0 Å². The molecule has 1 N–H and O–H groups in total. The smallest absolute Gasteiger partial charge is 0.407 e. The summed E-state index contributed by atoms with van der Waals surface area (Å²) in [6.07, 6.45) is 1.03. The summed E-state index contributed by atoms with van der Waals surface area (Å²) in [7, 11) is 0. The minimum atomic E-state index is -0.810. The van der Waals surface area contributed by atoms with E-state index in [-0.39, 0.29) is 6.04 Å². The van der Waals surface area contributed by atoms with Crippen molar-refractivity contribution in [2.45, 2.75) is 31.7 Å². The summed E-state index contributed by atoms with van der Waals surface area (Å²) in [6, 6.07) is 19.2. The van der Waals surface area contributed by atoms with E-state index in [2.05, 4.69) is 48.5 Å². The standard InChI is InChI=1S/C19H21NO2/c1-14-11-18(13-20(14)19(21)22)17-9-7-16(8-10-17)12-15-5-3-2-4-6-15/h2-10,14,18H,11-13H2,1H3,(H,21,22)/t14-,18+/m1/s1. The first-order valence-electron chi connectivity index (χ1n) is 7.76. The van der Waals surface area contributed by atoms with Crippen LogP contribution in [-0.2, 0) is 6.42 Å². The van der Waals surface area contributed by atoms with Crippen LogP contribution in [0.2, 0.25) is 0 Å². The molecule has 1 aliphatic heterocycles. The van der Waals surface area contributed by atoms with Gasteiger partial charge in [0.15, 0.2) is 0 Å². The van der Waals surface area contributed by atoms with Crippen LogP contribution in [0.5, 0.6) is 0 Å². The highest BCUT2D eigenvalue weighted by Crippen LogP contribution is 2.31. The zero-order valence-electron chi connectivity index (χ0n) is 12.8. The van der Waals surface area contributed by atoms with Crippen LogP contribution in [0.3, 0.4) is 0 Å². The molecule has 1 amide bonds. The average molecular weight is 295 g/mol. The quantitative estimate of drug-likeness (QED) is 0.924. The Hall–Kier alpha value is -2.29. The lowest BCUT2D eigenvalue weighted by Crippen LogP contribution is -2.32. The normalized spacial score (nSPS) is 21.0. The molecule has 1 aliphatic rings. The van der Waals surface area contributed by atoms with Crippen molar-refractivity contribution in [2.24, 2.45) is 0 Å². The number of carbonyl (C=O) groups is 1. The van der Waals surface area contributed by atoms with Crippen LogP contribution in [0.4, 0.5) is 4.79 Å². The third-order valence-corrected chi connectivity index (χ3v) is 4.52. The number of nitrogens with zero attached hydrogens (tertiary/aromatic N) is 1. The molecular weight excluding hydrogens is 274 g/mol. The van der Waals surface area contributed by atoms with Gasteiger partial charge in [-0.05, 0) is 36.5 Å². The number of rotatable bonds is 3. The molecule has 0 unspecified atom stereocenters. The Balaban J connectivity index is 1.68. The minimum absolute atomic E-state index is 0.103. The molecule has 2 aromatic carbocycles. The topological polar surface area (TPSA) is 40.5 Å². The Labute approximate surface area is 131 Å². The zero-order valence-corrected chi connectivity index (χ0v) is 12.8. The van der Waals surface area contributed by atoms with E-state index in [1.807, 2.05) is 13.0 Å². The van der Waals surface area contributed by atoms with E-state index >= 15 is 0 Å². The molecule has 0 saturated carbocycles. The molecule has 22 heavy (non-hydrogen) atoms. The fourth-order valence-electron chi connectivity index (χ4n) is 3.28. The van der Waals surface area contributed by atoms with Gasteiger partial charge >= 0.3 is 6.09 Å². The van der Waals surface area contributed by atoms with E-state index in [0.29, 0.717) is 12.5 Å². The number of carboxylic acid groups (broad SMARTS) is 1. The third-order valence-electron chi connectivity index (χ3n) is 4.52. The minimum Gasteiger partial charge on any atom is -0.465 e. The number of likely N-dealkylation sites (tertiary alicyclic amines) is 1. The molecule has 1 fully saturated rings. The van der Waals surface area contributed by atoms with Gasteiger partial charge in [0.2, 0.25) is 0 Å². The van der Waals surface area contributed by atoms with Crippen LogP contribution in [0, 0.1) is 0 Å². The molecule has 2 aromatic rings. The van der Waals surface area contributed by atoms with Gasteiger partial charge in [-0.25, -0.2) is 4.79 Å². The summed E-state index contributed by atoms with van der Waals surface area (Å²) >= 11 is 0. The molecule has 0 aromatic heterocycles. The first-order valence-corrected chi connectivity index (χ1v) is 7.76. The van der Waals surface area contributed by atoms with Crippen molar-refractivity contribution >= 4 is 6.09 Å². The van der Waals surface area contributed by atoms with Crippen molar-refractivity contribution in [2.75, 3.05) is 6.54 Å². The maximum atomic E-state index is 11.2. The zero-order chi connectivity index (χ0) is 15.5. The third kappa shape index (κ3) is 3.14. The van der Waals surface area contributed by atoms with Crippen LogP contribution >= 0.6 is 0 Å². The van der Waals surface area contributed by atoms with Gasteiger partial charge in [-0.15, -0.1) is 0 Å². The van der Waals surface area contributed by atoms with E-state index < -0.39 is 6.09 Å². The molecule has 3 rings (SSSR count).